The summed E-state index contributed by atoms with van der Waals surface area (Å²) in [4.78, 5) is 11.0. The third-order valence-electron chi connectivity index (χ3n) is 3.88. The molecule has 0 spiro atoms. The van der Waals surface area contributed by atoms with Crippen molar-refractivity contribution in [3.63, 3.8) is 0 Å². The van der Waals surface area contributed by atoms with Crippen molar-refractivity contribution in [2.45, 2.75) is 19.6 Å². The van der Waals surface area contributed by atoms with Crippen LogP contribution in [0.5, 0.6) is 0 Å². The summed E-state index contributed by atoms with van der Waals surface area (Å²) >= 11 is 0. The molecule has 21 heavy (non-hydrogen) atoms. The second-order valence-corrected chi connectivity index (χ2v) is 5.24. The number of aromatic nitrogens is 3. The first-order valence-electron chi connectivity index (χ1n) is 7.10. The molecule has 0 bridgehead atoms. The number of fused-ring (bicyclic) bond motifs is 1. The molecule has 0 radical (unpaired) electrons. The third kappa shape index (κ3) is 2.36. The van der Waals surface area contributed by atoms with Crippen molar-refractivity contribution in [3.8, 4) is 11.3 Å². The molecule has 1 aliphatic heterocycles. The molecular formula is C16H16N4O. The minimum atomic E-state index is 0.838. The monoisotopic (exact) mass is 280 g/mol. The van der Waals surface area contributed by atoms with E-state index in [0.717, 1.165) is 37.8 Å². The summed E-state index contributed by atoms with van der Waals surface area (Å²) in [6.45, 7) is 3.64. The van der Waals surface area contributed by atoms with Crippen molar-refractivity contribution < 1.29 is 4.42 Å². The Balaban J connectivity index is 1.56. The van der Waals surface area contributed by atoms with Gasteiger partial charge in [-0.05, 0) is 24.3 Å². The predicted octanol–water partition coefficient (Wildman–Crippen LogP) is 2.55. The molecule has 1 aliphatic rings. The maximum atomic E-state index is 5.42. The first kappa shape index (κ1) is 12.3. The highest BCUT2D eigenvalue weighted by atomic mass is 16.3. The Morgan fingerprint density at radius 1 is 1.14 bits per heavy atom. The Morgan fingerprint density at radius 3 is 2.86 bits per heavy atom. The first-order valence-corrected chi connectivity index (χ1v) is 7.10. The smallest absolute Gasteiger partial charge is 0.123 e. The van der Waals surface area contributed by atoms with E-state index in [2.05, 4.69) is 19.4 Å². The van der Waals surface area contributed by atoms with Crippen molar-refractivity contribution in [2.24, 2.45) is 0 Å². The number of hydrogen-bond donors (Lipinski definition) is 0. The van der Waals surface area contributed by atoms with Gasteiger partial charge in [0.25, 0.3) is 0 Å². The zero-order valence-electron chi connectivity index (χ0n) is 11.6. The number of rotatable bonds is 3. The van der Waals surface area contributed by atoms with Crippen LogP contribution in [0.4, 0.5) is 0 Å². The highest BCUT2D eigenvalue weighted by Crippen LogP contribution is 2.24. The van der Waals surface area contributed by atoms with Crippen LogP contribution < -0.4 is 0 Å². The van der Waals surface area contributed by atoms with E-state index in [9.17, 15) is 0 Å². The van der Waals surface area contributed by atoms with Gasteiger partial charge in [0.15, 0.2) is 0 Å². The van der Waals surface area contributed by atoms with E-state index in [1.807, 2.05) is 42.9 Å². The van der Waals surface area contributed by atoms with Gasteiger partial charge in [-0.3, -0.25) is 9.88 Å². The Bertz CT molecular complexity index is 718. The van der Waals surface area contributed by atoms with Crippen LogP contribution in [0.25, 0.3) is 11.3 Å². The largest absolute Gasteiger partial charge is 0.468 e. The van der Waals surface area contributed by atoms with Crippen molar-refractivity contribution in [2.75, 3.05) is 6.54 Å². The van der Waals surface area contributed by atoms with E-state index in [-0.39, 0.29) is 0 Å². The summed E-state index contributed by atoms with van der Waals surface area (Å²) < 4.78 is 7.72. The lowest BCUT2D eigenvalue weighted by Gasteiger charge is -2.27. The summed E-state index contributed by atoms with van der Waals surface area (Å²) in [6.07, 6.45) is 7.32. The molecule has 106 valence electrons. The summed E-state index contributed by atoms with van der Waals surface area (Å²) in [6, 6.07) is 8.00. The van der Waals surface area contributed by atoms with Crippen LogP contribution in [0.15, 0.2) is 53.5 Å². The second-order valence-electron chi connectivity index (χ2n) is 5.24. The normalized spacial score (nSPS) is 15.0. The van der Waals surface area contributed by atoms with Gasteiger partial charge in [0, 0.05) is 31.0 Å². The molecule has 4 rings (SSSR count). The number of imidazole rings is 1. The van der Waals surface area contributed by atoms with E-state index < -0.39 is 0 Å². The number of nitrogens with zero attached hydrogens (tertiary/aromatic N) is 4. The van der Waals surface area contributed by atoms with Crippen molar-refractivity contribution in [1.29, 1.82) is 0 Å². The number of furan rings is 1. The van der Waals surface area contributed by atoms with Crippen LogP contribution in [0, 0.1) is 0 Å². The van der Waals surface area contributed by atoms with Crippen LogP contribution in [0.2, 0.25) is 0 Å². The lowest BCUT2D eigenvalue weighted by molar-refractivity contribution is 0.194. The molecule has 0 aromatic carbocycles. The molecule has 3 aromatic rings. The summed E-state index contributed by atoms with van der Waals surface area (Å²) in [5.41, 5.74) is 2.34. The van der Waals surface area contributed by atoms with Crippen LogP contribution in [0.3, 0.4) is 0 Å². The molecule has 0 saturated heterocycles. The van der Waals surface area contributed by atoms with E-state index in [0.29, 0.717) is 0 Å². The van der Waals surface area contributed by atoms with Crippen molar-refractivity contribution >= 4 is 0 Å². The molecule has 0 atom stereocenters. The van der Waals surface area contributed by atoms with E-state index in [1.54, 1.807) is 6.26 Å². The van der Waals surface area contributed by atoms with E-state index in [1.165, 1.54) is 11.3 Å². The summed E-state index contributed by atoms with van der Waals surface area (Å²) in [5.74, 6) is 2.11. The van der Waals surface area contributed by atoms with Gasteiger partial charge in [0.1, 0.15) is 11.6 Å². The van der Waals surface area contributed by atoms with Crippen LogP contribution in [-0.2, 0) is 19.6 Å². The van der Waals surface area contributed by atoms with Gasteiger partial charge >= 0.3 is 0 Å². The van der Waals surface area contributed by atoms with E-state index >= 15 is 0 Å². The van der Waals surface area contributed by atoms with Crippen LogP contribution >= 0.6 is 0 Å². The Labute approximate surface area is 122 Å². The number of pyridine rings is 1. The van der Waals surface area contributed by atoms with Gasteiger partial charge in [-0.2, -0.15) is 0 Å². The molecule has 0 N–H and O–H groups in total. The second kappa shape index (κ2) is 5.18. The van der Waals surface area contributed by atoms with Gasteiger partial charge < -0.3 is 8.98 Å². The fourth-order valence-electron chi connectivity index (χ4n) is 2.82. The molecule has 5 nitrogen and oxygen atoms in total. The average Bonchev–Trinajstić information content (AvgIpc) is 3.17. The predicted molar refractivity (Wildman–Crippen MR) is 78.3 cm³/mol. The van der Waals surface area contributed by atoms with Crippen LogP contribution in [0.1, 0.15) is 11.6 Å². The highest BCUT2D eigenvalue weighted by Gasteiger charge is 2.20. The van der Waals surface area contributed by atoms with Crippen molar-refractivity contribution in [1.82, 2.24) is 19.4 Å². The highest BCUT2D eigenvalue weighted by molar-refractivity contribution is 5.58. The van der Waals surface area contributed by atoms with E-state index in [4.69, 9.17) is 4.42 Å². The SMILES string of the molecule is c1coc(CN2CCn3c(-c4ccncc4)cnc3C2)c1. The molecule has 4 heterocycles. The molecule has 0 amide bonds. The zero-order valence-corrected chi connectivity index (χ0v) is 11.6. The lowest BCUT2D eigenvalue weighted by Crippen LogP contribution is -2.33. The molecule has 0 aliphatic carbocycles. The lowest BCUT2D eigenvalue weighted by atomic mass is 10.2. The molecule has 0 fully saturated rings. The summed E-state index contributed by atoms with van der Waals surface area (Å²) in [5, 5.41) is 0. The standard InChI is InChI=1S/C16H16N4O/c1-2-14(21-9-1)11-19-7-8-20-15(10-18-16(20)12-19)13-3-5-17-6-4-13/h1-6,9-10H,7-8,11-12H2. The summed E-state index contributed by atoms with van der Waals surface area (Å²) in [7, 11) is 0. The maximum Gasteiger partial charge on any atom is 0.123 e. The van der Waals surface area contributed by atoms with Gasteiger partial charge in [-0.1, -0.05) is 0 Å². The first-order chi connectivity index (χ1) is 10.4. The Kier molecular flexibility index (Phi) is 3.05. The van der Waals surface area contributed by atoms with Gasteiger partial charge in [0.2, 0.25) is 0 Å². The quantitative estimate of drug-likeness (QED) is 0.739. The Morgan fingerprint density at radius 2 is 2.05 bits per heavy atom. The van der Waals surface area contributed by atoms with Crippen molar-refractivity contribution in [3.05, 3.63) is 60.7 Å². The molecule has 0 saturated carbocycles. The van der Waals surface area contributed by atoms with Crippen LogP contribution in [-0.4, -0.2) is 26.0 Å². The molecule has 0 unspecified atom stereocenters. The Hall–Kier alpha value is -2.40. The third-order valence-corrected chi connectivity index (χ3v) is 3.88. The molecule has 3 aromatic heterocycles. The number of hydrogen-bond acceptors (Lipinski definition) is 4. The minimum absolute atomic E-state index is 0.838. The topological polar surface area (TPSA) is 47.1 Å². The fraction of sp³-hybridized carbons (Fsp3) is 0.250. The average molecular weight is 280 g/mol. The maximum absolute atomic E-state index is 5.42. The fourth-order valence-corrected chi connectivity index (χ4v) is 2.82. The van der Waals surface area contributed by atoms with Gasteiger partial charge in [-0.25, -0.2) is 4.98 Å². The van der Waals surface area contributed by atoms with Gasteiger partial charge in [-0.15, -0.1) is 0 Å². The van der Waals surface area contributed by atoms with Gasteiger partial charge in [0.05, 0.1) is 31.2 Å². The zero-order chi connectivity index (χ0) is 14.1. The molecular weight excluding hydrogens is 264 g/mol. The minimum Gasteiger partial charge on any atom is -0.468 e. The molecule has 5 heteroatoms.